The van der Waals surface area contributed by atoms with Gasteiger partial charge in [-0.15, -0.1) is 0 Å². The van der Waals surface area contributed by atoms with Crippen molar-refractivity contribution in [3.05, 3.63) is 95.6 Å². The molecule has 0 saturated carbocycles. The number of anilines is 1. The summed E-state index contributed by atoms with van der Waals surface area (Å²) in [5.74, 6) is 1.64. The summed E-state index contributed by atoms with van der Waals surface area (Å²) in [4.78, 5) is 21.8. The maximum atomic E-state index is 13.1. The van der Waals surface area contributed by atoms with Crippen molar-refractivity contribution in [1.29, 1.82) is 0 Å². The van der Waals surface area contributed by atoms with Gasteiger partial charge in [-0.05, 0) is 68.3 Å². The summed E-state index contributed by atoms with van der Waals surface area (Å²) in [7, 11) is 0. The number of nitrogens with one attached hydrogen (secondary N) is 1. The minimum absolute atomic E-state index is 0.320. The second-order valence-electron chi connectivity index (χ2n) is 11.6. The highest BCUT2D eigenvalue weighted by atomic mass is 19.4. The number of rotatable bonds is 8. The predicted molar refractivity (Wildman–Crippen MR) is 164 cm³/mol. The molecule has 3 heterocycles. The molecule has 0 unspecified atom stereocenters. The van der Waals surface area contributed by atoms with Crippen LogP contribution in [0, 0.1) is 0 Å². The third kappa shape index (κ3) is 7.24. The first-order valence-corrected chi connectivity index (χ1v) is 15.3. The van der Waals surface area contributed by atoms with Crippen molar-refractivity contribution < 1.29 is 40.6 Å². The van der Waals surface area contributed by atoms with Gasteiger partial charge >= 0.3 is 18.4 Å². The fraction of sp³-hybridized carbons (Fsp3) is 0.353. The second-order valence-corrected chi connectivity index (χ2v) is 11.6. The summed E-state index contributed by atoms with van der Waals surface area (Å²) in [5.41, 5.74) is -0.445. The lowest BCUT2D eigenvalue weighted by atomic mass is 9.79. The molecule has 2 aliphatic heterocycles. The van der Waals surface area contributed by atoms with E-state index in [2.05, 4.69) is 14.8 Å². The molecule has 7 nitrogen and oxygen atoms in total. The number of benzene rings is 3. The zero-order valence-corrected chi connectivity index (χ0v) is 25.2. The molecule has 0 atom stereocenters. The lowest BCUT2D eigenvalue weighted by Crippen LogP contribution is -2.47. The van der Waals surface area contributed by atoms with E-state index in [1.165, 1.54) is 6.07 Å². The standard InChI is InChI=1S/C34H32F6N4O3/c35-33(36,37)22-41-31(45)47-32(25-7-1-3-9-28(25)46-29-10-4-2-8-26(29)32)15-5-6-16-43-17-19-44(20-18-43)30-14-11-23-21-24(34(38,39)40)12-13-27(23)42-30/h1-4,7-14,21H,5-6,15-20,22H2,(H,41,45). The van der Waals surface area contributed by atoms with Crippen molar-refractivity contribution in [1.82, 2.24) is 15.2 Å². The number of fused-ring (bicyclic) bond motifs is 3. The van der Waals surface area contributed by atoms with Crippen molar-refractivity contribution in [2.45, 2.75) is 37.2 Å². The van der Waals surface area contributed by atoms with Crippen molar-refractivity contribution in [3.8, 4) is 11.5 Å². The lowest BCUT2D eigenvalue weighted by molar-refractivity contribution is -0.137. The predicted octanol–water partition coefficient (Wildman–Crippen LogP) is 7.88. The Labute approximate surface area is 267 Å². The highest BCUT2D eigenvalue weighted by molar-refractivity contribution is 5.81. The van der Waals surface area contributed by atoms with E-state index in [1.807, 2.05) is 5.32 Å². The van der Waals surface area contributed by atoms with E-state index in [0.717, 1.165) is 38.2 Å². The number of hydrogen-bond donors (Lipinski definition) is 1. The molecule has 4 aromatic rings. The molecule has 6 rings (SSSR count). The van der Waals surface area contributed by atoms with Crippen LogP contribution >= 0.6 is 0 Å². The first-order chi connectivity index (χ1) is 22.4. The number of carbonyl (C=O) groups excluding carboxylic acids is 1. The topological polar surface area (TPSA) is 66.9 Å². The fourth-order valence-corrected chi connectivity index (χ4v) is 6.22. The van der Waals surface area contributed by atoms with Crippen LogP contribution < -0.4 is 15.0 Å². The summed E-state index contributed by atoms with van der Waals surface area (Å²) in [6.07, 6.45) is -8.53. The molecule has 1 amide bonds. The quantitative estimate of drug-likeness (QED) is 0.154. The van der Waals surface area contributed by atoms with E-state index >= 15 is 0 Å². The maximum absolute atomic E-state index is 13.1. The molecule has 0 radical (unpaired) electrons. The first-order valence-electron chi connectivity index (χ1n) is 15.3. The number of alkyl carbamates (subject to hydrolysis) is 1. The summed E-state index contributed by atoms with van der Waals surface area (Å²) in [5, 5.41) is 2.27. The minimum atomic E-state index is -4.59. The average Bonchev–Trinajstić information content (AvgIpc) is 3.05. The van der Waals surface area contributed by atoms with Crippen LogP contribution in [0.3, 0.4) is 0 Å². The Morgan fingerprint density at radius 1 is 0.851 bits per heavy atom. The van der Waals surface area contributed by atoms with Gasteiger partial charge < -0.3 is 19.7 Å². The number of para-hydroxylation sites is 2. The summed E-state index contributed by atoms with van der Waals surface area (Å²) in [6, 6.07) is 21.0. The number of pyridine rings is 1. The number of hydrogen-bond acceptors (Lipinski definition) is 6. The summed E-state index contributed by atoms with van der Waals surface area (Å²) >= 11 is 0. The van der Waals surface area contributed by atoms with E-state index in [-0.39, 0.29) is 0 Å². The number of ether oxygens (including phenoxy) is 2. The van der Waals surface area contributed by atoms with Crippen LogP contribution in [0.2, 0.25) is 0 Å². The molecule has 13 heteroatoms. The van der Waals surface area contributed by atoms with Gasteiger partial charge in [0.2, 0.25) is 0 Å². The molecule has 47 heavy (non-hydrogen) atoms. The van der Waals surface area contributed by atoms with Gasteiger partial charge in [0.05, 0.1) is 11.1 Å². The molecular formula is C34H32F6N4O3. The number of piperazine rings is 1. The van der Waals surface area contributed by atoms with Crippen LogP contribution in [0.25, 0.3) is 10.9 Å². The Balaban J connectivity index is 1.10. The summed E-state index contributed by atoms with van der Waals surface area (Å²) < 4.78 is 89.9. The number of unbranched alkanes of at least 4 members (excludes halogenated alkanes) is 1. The van der Waals surface area contributed by atoms with E-state index in [1.54, 1.807) is 60.7 Å². The Morgan fingerprint density at radius 3 is 2.15 bits per heavy atom. The first kappa shape index (κ1) is 32.4. The molecule has 1 aromatic heterocycles. The SMILES string of the molecule is O=C(NCC(F)(F)F)OC1(CCCCN2CCN(c3ccc4cc(C(F)(F)F)ccc4n3)CC2)c2ccccc2Oc2ccccc21. The van der Waals surface area contributed by atoms with Gasteiger partial charge in [-0.2, -0.15) is 26.3 Å². The molecule has 1 saturated heterocycles. The zero-order chi connectivity index (χ0) is 33.2. The number of carbonyl (C=O) groups is 1. The fourth-order valence-electron chi connectivity index (χ4n) is 6.22. The Bertz CT molecular complexity index is 1690. The van der Waals surface area contributed by atoms with Gasteiger partial charge in [0.15, 0.2) is 5.60 Å². The second kappa shape index (κ2) is 12.9. The average molecular weight is 659 g/mol. The van der Waals surface area contributed by atoms with Gasteiger partial charge in [0.25, 0.3) is 0 Å². The Kier molecular flexibility index (Phi) is 8.93. The molecule has 0 spiro atoms. The van der Waals surface area contributed by atoms with E-state index in [0.29, 0.717) is 65.3 Å². The van der Waals surface area contributed by atoms with Gasteiger partial charge in [-0.3, -0.25) is 4.90 Å². The van der Waals surface area contributed by atoms with Crippen molar-refractivity contribution in [2.24, 2.45) is 0 Å². The molecule has 1 fully saturated rings. The van der Waals surface area contributed by atoms with Crippen molar-refractivity contribution in [2.75, 3.05) is 44.2 Å². The molecular weight excluding hydrogens is 626 g/mol. The van der Waals surface area contributed by atoms with Crippen LogP contribution in [-0.4, -0.2) is 61.4 Å². The third-order valence-electron chi connectivity index (χ3n) is 8.52. The molecule has 2 aliphatic rings. The molecule has 248 valence electrons. The highest BCUT2D eigenvalue weighted by Gasteiger charge is 2.45. The maximum Gasteiger partial charge on any atom is 0.416 e. The van der Waals surface area contributed by atoms with Gasteiger partial charge in [-0.25, -0.2) is 9.78 Å². The highest BCUT2D eigenvalue weighted by Crippen LogP contribution is 2.51. The monoisotopic (exact) mass is 658 g/mol. The van der Waals surface area contributed by atoms with Crippen LogP contribution in [-0.2, 0) is 16.5 Å². The van der Waals surface area contributed by atoms with E-state index in [4.69, 9.17) is 9.47 Å². The lowest BCUT2D eigenvalue weighted by Gasteiger charge is -2.40. The van der Waals surface area contributed by atoms with Crippen LogP contribution in [0.4, 0.5) is 37.0 Å². The van der Waals surface area contributed by atoms with E-state index in [9.17, 15) is 31.1 Å². The summed E-state index contributed by atoms with van der Waals surface area (Å²) in [6.45, 7) is 2.09. The minimum Gasteiger partial charge on any atom is -0.456 e. The smallest absolute Gasteiger partial charge is 0.416 e. The van der Waals surface area contributed by atoms with E-state index < -0.39 is 36.2 Å². The van der Waals surface area contributed by atoms with Crippen LogP contribution in [0.15, 0.2) is 78.9 Å². The Morgan fingerprint density at radius 2 is 1.51 bits per heavy atom. The van der Waals surface area contributed by atoms with Crippen LogP contribution in [0.1, 0.15) is 36.0 Å². The number of amides is 1. The normalized spacial score (nSPS) is 16.3. The van der Waals surface area contributed by atoms with Crippen molar-refractivity contribution in [3.63, 3.8) is 0 Å². The molecule has 1 N–H and O–H groups in total. The van der Waals surface area contributed by atoms with Gasteiger partial charge in [0, 0.05) is 42.7 Å². The number of halogens is 6. The molecule has 0 aliphatic carbocycles. The Hall–Kier alpha value is -4.52. The van der Waals surface area contributed by atoms with Gasteiger partial charge in [0.1, 0.15) is 23.9 Å². The third-order valence-corrected chi connectivity index (χ3v) is 8.52. The van der Waals surface area contributed by atoms with Crippen molar-refractivity contribution >= 4 is 22.8 Å². The largest absolute Gasteiger partial charge is 0.456 e. The number of nitrogens with zero attached hydrogens (tertiary/aromatic N) is 3. The zero-order valence-electron chi connectivity index (χ0n) is 25.2. The van der Waals surface area contributed by atoms with Crippen LogP contribution in [0.5, 0.6) is 11.5 Å². The van der Waals surface area contributed by atoms with Gasteiger partial charge in [-0.1, -0.05) is 36.4 Å². The molecule has 3 aromatic carbocycles. The number of aromatic nitrogens is 1. The molecule has 0 bridgehead atoms. The number of alkyl halides is 6.